The third-order valence-electron chi connectivity index (χ3n) is 4.31. The number of anilines is 1. The molecule has 0 spiro atoms. The van der Waals surface area contributed by atoms with Crippen molar-refractivity contribution in [2.24, 2.45) is 0 Å². The van der Waals surface area contributed by atoms with Crippen LogP contribution in [0.25, 0.3) is 0 Å². The Morgan fingerprint density at radius 2 is 1.76 bits per heavy atom. The van der Waals surface area contributed by atoms with Gasteiger partial charge in [0.05, 0.1) is 25.0 Å². The van der Waals surface area contributed by atoms with Crippen LogP contribution < -0.4 is 14.4 Å². The maximum absolute atomic E-state index is 12.6. The molecule has 0 bridgehead atoms. The number of methoxy groups -OCH3 is 1. The standard InChI is InChI=1S/C17H20F3N5O3S/c1-28-16-23-14(22-15(24-16)25-8-2-3-9-25)10-21-29(26,27)11-12-4-6-13(7-5-12)17(18,19)20/h4-7,21H,2-3,8-11H2,1H3. The van der Waals surface area contributed by atoms with Crippen molar-refractivity contribution in [3.63, 3.8) is 0 Å². The quantitative estimate of drug-likeness (QED) is 0.717. The Balaban J connectivity index is 1.67. The summed E-state index contributed by atoms with van der Waals surface area (Å²) in [7, 11) is -2.41. The Hall–Kier alpha value is -2.47. The van der Waals surface area contributed by atoms with E-state index in [1.165, 1.54) is 7.11 Å². The van der Waals surface area contributed by atoms with E-state index in [-0.39, 0.29) is 23.9 Å². The summed E-state index contributed by atoms with van der Waals surface area (Å²) in [4.78, 5) is 14.5. The van der Waals surface area contributed by atoms with Crippen molar-refractivity contribution < 1.29 is 26.3 Å². The fourth-order valence-corrected chi connectivity index (χ4v) is 3.93. The molecule has 1 N–H and O–H groups in total. The fourth-order valence-electron chi connectivity index (χ4n) is 2.85. The largest absolute Gasteiger partial charge is 0.467 e. The Labute approximate surface area is 166 Å². The van der Waals surface area contributed by atoms with E-state index in [4.69, 9.17) is 4.74 Å². The van der Waals surface area contributed by atoms with Gasteiger partial charge in [-0.25, -0.2) is 13.1 Å². The molecule has 0 radical (unpaired) electrons. The lowest BCUT2D eigenvalue weighted by atomic mass is 10.1. The van der Waals surface area contributed by atoms with Gasteiger partial charge in [0.15, 0.2) is 5.82 Å². The molecule has 0 saturated carbocycles. The number of sulfonamides is 1. The van der Waals surface area contributed by atoms with Gasteiger partial charge in [-0.05, 0) is 30.5 Å². The first-order valence-electron chi connectivity index (χ1n) is 8.84. The second-order valence-electron chi connectivity index (χ2n) is 6.51. The molecular formula is C17H20F3N5O3S. The molecule has 1 aliphatic rings. The van der Waals surface area contributed by atoms with E-state index in [2.05, 4.69) is 19.7 Å². The summed E-state index contributed by atoms with van der Waals surface area (Å²) in [6, 6.07) is 4.06. The van der Waals surface area contributed by atoms with Crippen LogP contribution in [-0.2, 0) is 28.5 Å². The van der Waals surface area contributed by atoms with Crippen LogP contribution in [0.15, 0.2) is 24.3 Å². The molecule has 2 heterocycles. The summed E-state index contributed by atoms with van der Waals surface area (Å²) < 4.78 is 69.9. The molecule has 0 atom stereocenters. The monoisotopic (exact) mass is 431 g/mol. The van der Waals surface area contributed by atoms with Gasteiger partial charge in [0, 0.05) is 13.1 Å². The highest BCUT2D eigenvalue weighted by Crippen LogP contribution is 2.29. The number of hydrogen-bond donors (Lipinski definition) is 1. The van der Waals surface area contributed by atoms with Crippen LogP contribution in [0.3, 0.4) is 0 Å². The van der Waals surface area contributed by atoms with Gasteiger partial charge in [0.25, 0.3) is 0 Å². The number of nitrogens with one attached hydrogen (secondary N) is 1. The Morgan fingerprint density at radius 3 is 2.34 bits per heavy atom. The first kappa shape index (κ1) is 21.2. The normalized spacial score (nSPS) is 15.0. The maximum atomic E-state index is 12.6. The number of ether oxygens (including phenoxy) is 1. The minimum atomic E-state index is -4.47. The highest BCUT2D eigenvalue weighted by molar-refractivity contribution is 7.88. The zero-order valence-corrected chi connectivity index (χ0v) is 16.4. The molecule has 29 heavy (non-hydrogen) atoms. The molecule has 1 fully saturated rings. The van der Waals surface area contributed by atoms with Gasteiger partial charge in [0.2, 0.25) is 16.0 Å². The Kier molecular flexibility index (Phi) is 6.22. The van der Waals surface area contributed by atoms with Crippen molar-refractivity contribution in [1.29, 1.82) is 0 Å². The minimum Gasteiger partial charge on any atom is -0.467 e. The number of hydrogen-bond acceptors (Lipinski definition) is 7. The molecule has 0 unspecified atom stereocenters. The molecule has 1 aromatic heterocycles. The molecular weight excluding hydrogens is 411 g/mol. The number of rotatable bonds is 7. The van der Waals surface area contributed by atoms with Gasteiger partial charge in [-0.15, -0.1) is 0 Å². The third kappa shape index (κ3) is 5.76. The molecule has 1 aliphatic heterocycles. The van der Waals surface area contributed by atoms with Crippen molar-refractivity contribution >= 4 is 16.0 Å². The number of alkyl halides is 3. The SMILES string of the molecule is COc1nc(CNS(=O)(=O)Cc2ccc(C(F)(F)F)cc2)nc(N2CCCC2)n1. The van der Waals surface area contributed by atoms with Gasteiger partial charge >= 0.3 is 12.2 Å². The Bertz CT molecular complexity index is 946. The highest BCUT2D eigenvalue weighted by atomic mass is 32.2. The van der Waals surface area contributed by atoms with Gasteiger partial charge in [-0.2, -0.15) is 28.1 Å². The van der Waals surface area contributed by atoms with Crippen LogP contribution in [0.2, 0.25) is 0 Å². The summed E-state index contributed by atoms with van der Waals surface area (Å²) in [5, 5.41) is 0. The third-order valence-corrected chi connectivity index (χ3v) is 5.61. The van der Waals surface area contributed by atoms with Crippen LogP contribution in [0.4, 0.5) is 19.1 Å². The summed E-state index contributed by atoms with van der Waals surface area (Å²) in [5.41, 5.74) is -0.602. The molecule has 158 valence electrons. The van der Waals surface area contributed by atoms with Crippen LogP contribution >= 0.6 is 0 Å². The first-order valence-corrected chi connectivity index (χ1v) is 10.5. The van der Waals surface area contributed by atoms with E-state index in [1.54, 1.807) is 0 Å². The molecule has 1 aromatic carbocycles. The number of aromatic nitrogens is 3. The molecule has 0 aliphatic carbocycles. The van der Waals surface area contributed by atoms with Crippen molar-refractivity contribution in [1.82, 2.24) is 19.7 Å². The average Bonchev–Trinajstić information content (AvgIpc) is 3.20. The van der Waals surface area contributed by atoms with Crippen molar-refractivity contribution in [2.45, 2.75) is 31.3 Å². The van der Waals surface area contributed by atoms with E-state index in [1.807, 2.05) is 4.90 Å². The summed E-state index contributed by atoms with van der Waals surface area (Å²) >= 11 is 0. The van der Waals surface area contributed by atoms with Crippen LogP contribution in [-0.4, -0.2) is 43.6 Å². The van der Waals surface area contributed by atoms with E-state index in [0.29, 0.717) is 5.95 Å². The average molecular weight is 431 g/mol. The molecule has 8 nitrogen and oxygen atoms in total. The molecule has 0 amide bonds. The number of halogens is 3. The molecule has 3 rings (SSSR count). The van der Waals surface area contributed by atoms with Gasteiger partial charge < -0.3 is 9.64 Å². The fraction of sp³-hybridized carbons (Fsp3) is 0.471. The lowest BCUT2D eigenvalue weighted by molar-refractivity contribution is -0.137. The van der Waals surface area contributed by atoms with Crippen LogP contribution in [0.5, 0.6) is 6.01 Å². The Morgan fingerprint density at radius 1 is 1.10 bits per heavy atom. The number of benzene rings is 1. The van der Waals surface area contributed by atoms with E-state index < -0.39 is 27.5 Å². The smallest absolute Gasteiger partial charge is 0.416 e. The maximum Gasteiger partial charge on any atom is 0.416 e. The second-order valence-corrected chi connectivity index (χ2v) is 8.31. The van der Waals surface area contributed by atoms with Gasteiger partial charge in [-0.1, -0.05) is 12.1 Å². The lowest BCUT2D eigenvalue weighted by Crippen LogP contribution is -2.27. The van der Waals surface area contributed by atoms with E-state index >= 15 is 0 Å². The zero-order chi connectivity index (χ0) is 21.1. The molecule has 1 saturated heterocycles. The van der Waals surface area contributed by atoms with Crippen molar-refractivity contribution in [3.8, 4) is 6.01 Å². The summed E-state index contributed by atoms with van der Waals surface area (Å²) in [5.74, 6) is 0.146. The highest BCUT2D eigenvalue weighted by Gasteiger charge is 2.30. The van der Waals surface area contributed by atoms with Crippen LogP contribution in [0, 0.1) is 0 Å². The number of nitrogens with zero attached hydrogens (tertiary/aromatic N) is 4. The summed E-state index contributed by atoms with van der Waals surface area (Å²) in [6.45, 7) is 1.40. The minimum absolute atomic E-state index is 0.0823. The molecule has 2 aromatic rings. The predicted molar refractivity (Wildman–Crippen MR) is 98.7 cm³/mol. The molecule has 12 heteroatoms. The van der Waals surface area contributed by atoms with E-state index in [9.17, 15) is 21.6 Å². The first-order chi connectivity index (χ1) is 13.7. The van der Waals surface area contributed by atoms with E-state index in [0.717, 1.165) is 50.2 Å². The zero-order valence-electron chi connectivity index (χ0n) is 15.6. The van der Waals surface area contributed by atoms with Crippen molar-refractivity contribution in [2.75, 3.05) is 25.1 Å². The predicted octanol–water partition coefficient (Wildman–Crippen LogP) is 2.12. The topological polar surface area (TPSA) is 97.3 Å². The van der Waals surface area contributed by atoms with Gasteiger partial charge in [0.1, 0.15) is 0 Å². The van der Waals surface area contributed by atoms with Crippen molar-refractivity contribution in [3.05, 3.63) is 41.2 Å². The van der Waals surface area contributed by atoms with Crippen LogP contribution in [0.1, 0.15) is 29.8 Å². The van der Waals surface area contributed by atoms with Gasteiger partial charge in [-0.3, -0.25) is 0 Å². The summed E-state index contributed by atoms with van der Waals surface area (Å²) in [6.07, 6.45) is -2.44. The second kappa shape index (κ2) is 8.49. The lowest BCUT2D eigenvalue weighted by Gasteiger charge is -2.16.